The molecular formula is C14H16FN3OS. The molecule has 0 unspecified atom stereocenters. The Balaban J connectivity index is 1.59. The average Bonchev–Trinajstić information content (AvgIpc) is 2.95. The van der Waals surface area contributed by atoms with Gasteiger partial charge in [0.25, 0.3) is 0 Å². The fraction of sp³-hybridized carbons (Fsp3) is 0.429. The highest BCUT2D eigenvalue weighted by atomic mass is 32.2. The van der Waals surface area contributed by atoms with Crippen LogP contribution in [0, 0.1) is 5.82 Å². The van der Waals surface area contributed by atoms with E-state index in [1.807, 2.05) is 6.07 Å². The first-order valence-corrected chi connectivity index (χ1v) is 7.71. The van der Waals surface area contributed by atoms with Crippen LogP contribution in [0.15, 0.2) is 33.7 Å². The second-order valence-electron chi connectivity index (χ2n) is 4.82. The first kappa shape index (κ1) is 13.6. The lowest BCUT2D eigenvalue weighted by Crippen LogP contribution is -2.26. The van der Waals surface area contributed by atoms with E-state index >= 15 is 0 Å². The molecule has 1 aromatic heterocycles. The molecule has 1 aliphatic rings. The maximum absolute atomic E-state index is 13.1. The predicted octanol–water partition coefficient (Wildman–Crippen LogP) is 2.97. The van der Waals surface area contributed by atoms with Crippen molar-refractivity contribution in [2.45, 2.75) is 29.4 Å². The van der Waals surface area contributed by atoms with Crippen LogP contribution in [0.4, 0.5) is 4.39 Å². The lowest BCUT2D eigenvalue weighted by atomic mass is 9.98. The average molecular weight is 293 g/mol. The normalized spacial score (nSPS) is 16.4. The lowest BCUT2D eigenvalue weighted by molar-refractivity contribution is 0.319. The maximum Gasteiger partial charge on any atom is 0.229 e. The number of rotatable bonds is 4. The molecule has 1 aliphatic heterocycles. The van der Waals surface area contributed by atoms with Gasteiger partial charge in [-0.1, -0.05) is 11.2 Å². The van der Waals surface area contributed by atoms with Crippen LogP contribution >= 0.6 is 11.8 Å². The standard InChI is InChI=1S/C14H16FN3OS/c15-11-2-1-3-12(8-11)20-9-13-17-14(19-18-13)10-4-6-16-7-5-10/h1-3,8,10,16H,4-7,9H2. The number of aromatic nitrogens is 2. The van der Waals surface area contributed by atoms with E-state index < -0.39 is 0 Å². The summed E-state index contributed by atoms with van der Waals surface area (Å²) < 4.78 is 18.4. The molecule has 0 aliphatic carbocycles. The number of hydrogen-bond donors (Lipinski definition) is 1. The Hall–Kier alpha value is -1.40. The molecule has 106 valence electrons. The van der Waals surface area contributed by atoms with Crippen molar-refractivity contribution in [1.82, 2.24) is 15.5 Å². The van der Waals surface area contributed by atoms with Crippen molar-refractivity contribution in [2.75, 3.05) is 13.1 Å². The summed E-state index contributed by atoms with van der Waals surface area (Å²) in [6.45, 7) is 2.00. The zero-order valence-corrected chi connectivity index (χ0v) is 11.8. The zero-order valence-electron chi connectivity index (χ0n) is 11.0. The van der Waals surface area contributed by atoms with Gasteiger partial charge in [0, 0.05) is 10.8 Å². The third-order valence-electron chi connectivity index (χ3n) is 3.34. The fourth-order valence-corrected chi connectivity index (χ4v) is 3.05. The van der Waals surface area contributed by atoms with Gasteiger partial charge >= 0.3 is 0 Å². The Kier molecular flexibility index (Phi) is 4.32. The maximum atomic E-state index is 13.1. The molecule has 2 heterocycles. The van der Waals surface area contributed by atoms with Crippen molar-refractivity contribution in [3.8, 4) is 0 Å². The van der Waals surface area contributed by atoms with E-state index in [0.717, 1.165) is 36.7 Å². The quantitative estimate of drug-likeness (QED) is 0.878. The van der Waals surface area contributed by atoms with E-state index in [0.29, 0.717) is 17.5 Å². The van der Waals surface area contributed by atoms with Crippen molar-refractivity contribution in [1.29, 1.82) is 0 Å². The minimum Gasteiger partial charge on any atom is -0.339 e. The highest BCUT2D eigenvalue weighted by Crippen LogP contribution is 2.26. The summed E-state index contributed by atoms with van der Waals surface area (Å²) >= 11 is 1.51. The highest BCUT2D eigenvalue weighted by Gasteiger charge is 2.21. The van der Waals surface area contributed by atoms with Crippen LogP contribution in [0.1, 0.15) is 30.5 Å². The molecule has 0 bridgehead atoms. The summed E-state index contributed by atoms with van der Waals surface area (Å²) in [4.78, 5) is 5.32. The molecule has 6 heteroatoms. The second kappa shape index (κ2) is 6.37. The van der Waals surface area contributed by atoms with Gasteiger partial charge in [-0.15, -0.1) is 11.8 Å². The first-order valence-electron chi connectivity index (χ1n) is 6.73. The molecule has 0 saturated carbocycles. The number of thioether (sulfide) groups is 1. The van der Waals surface area contributed by atoms with Crippen LogP contribution in [-0.4, -0.2) is 23.2 Å². The number of nitrogens with one attached hydrogen (secondary N) is 1. The molecule has 20 heavy (non-hydrogen) atoms. The molecule has 0 spiro atoms. The summed E-state index contributed by atoms with van der Waals surface area (Å²) in [5.74, 6) is 2.15. The molecule has 1 N–H and O–H groups in total. The van der Waals surface area contributed by atoms with Gasteiger partial charge in [0.1, 0.15) is 5.82 Å². The predicted molar refractivity (Wildman–Crippen MR) is 75.1 cm³/mol. The Labute approximate surface area is 121 Å². The van der Waals surface area contributed by atoms with Crippen LogP contribution in [0.5, 0.6) is 0 Å². The minimum atomic E-state index is -0.224. The molecule has 2 aromatic rings. The molecule has 3 rings (SSSR count). The van der Waals surface area contributed by atoms with Crippen molar-refractivity contribution in [3.05, 3.63) is 41.8 Å². The van der Waals surface area contributed by atoms with Gasteiger partial charge in [0.2, 0.25) is 5.89 Å². The van der Waals surface area contributed by atoms with Crippen molar-refractivity contribution in [2.24, 2.45) is 0 Å². The topological polar surface area (TPSA) is 51.0 Å². The Morgan fingerprint density at radius 1 is 1.35 bits per heavy atom. The number of benzene rings is 1. The molecule has 1 aromatic carbocycles. The monoisotopic (exact) mass is 293 g/mol. The van der Waals surface area contributed by atoms with Crippen molar-refractivity contribution >= 4 is 11.8 Å². The third-order valence-corrected chi connectivity index (χ3v) is 4.33. The third kappa shape index (κ3) is 3.37. The highest BCUT2D eigenvalue weighted by molar-refractivity contribution is 7.98. The van der Waals surface area contributed by atoms with Crippen LogP contribution in [0.2, 0.25) is 0 Å². The van der Waals surface area contributed by atoms with E-state index in [-0.39, 0.29) is 5.82 Å². The van der Waals surface area contributed by atoms with Gasteiger partial charge < -0.3 is 9.84 Å². The Morgan fingerprint density at radius 3 is 3.00 bits per heavy atom. The van der Waals surface area contributed by atoms with Gasteiger partial charge in [-0.2, -0.15) is 4.98 Å². The molecule has 1 fully saturated rings. The van der Waals surface area contributed by atoms with Gasteiger partial charge in [0.05, 0.1) is 5.75 Å². The summed E-state index contributed by atoms with van der Waals surface area (Å²) in [7, 11) is 0. The van der Waals surface area contributed by atoms with Crippen LogP contribution in [0.25, 0.3) is 0 Å². The van der Waals surface area contributed by atoms with Gasteiger partial charge in [-0.25, -0.2) is 4.39 Å². The Morgan fingerprint density at radius 2 is 2.20 bits per heavy atom. The fourth-order valence-electron chi connectivity index (χ4n) is 2.27. The van der Waals surface area contributed by atoms with Crippen LogP contribution in [-0.2, 0) is 5.75 Å². The van der Waals surface area contributed by atoms with Crippen LogP contribution in [0.3, 0.4) is 0 Å². The number of piperidine rings is 1. The van der Waals surface area contributed by atoms with E-state index in [1.165, 1.54) is 23.9 Å². The lowest BCUT2D eigenvalue weighted by Gasteiger charge is -2.18. The van der Waals surface area contributed by atoms with Crippen molar-refractivity contribution < 1.29 is 8.91 Å². The smallest absolute Gasteiger partial charge is 0.229 e. The van der Waals surface area contributed by atoms with Gasteiger partial charge in [-0.3, -0.25) is 0 Å². The summed E-state index contributed by atoms with van der Waals surface area (Å²) in [5, 5.41) is 7.32. The molecule has 4 nitrogen and oxygen atoms in total. The van der Waals surface area contributed by atoms with Gasteiger partial charge in [0.15, 0.2) is 5.82 Å². The number of nitrogens with zero attached hydrogens (tertiary/aromatic N) is 2. The minimum absolute atomic E-state index is 0.224. The van der Waals surface area contributed by atoms with E-state index in [9.17, 15) is 4.39 Å². The van der Waals surface area contributed by atoms with Gasteiger partial charge in [-0.05, 0) is 44.1 Å². The van der Waals surface area contributed by atoms with E-state index in [4.69, 9.17) is 4.52 Å². The number of hydrogen-bond acceptors (Lipinski definition) is 5. The first-order chi connectivity index (χ1) is 9.81. The van der Waals surface area contributed by atoms with E-state index in [2.05, 4.69) is 15.5 Å². The Bertz CT molecular complexity index is 569. The molecule has 1 saturated heterocycles. The second-order valence-corrected chi connectivity index (χ2v) is 5.87. The molecule has 0 amide bonds. The largest absolute Gasteiger partial charge is 0.339 e. The zero-order chi connectivity index (χ0) is 13.8. The van der Waals surface area contributed by atoms with Crippen LogP contribution < -0.4 is 5.32 Å². The molecule has 0 radical (unpaired) electrons. The number of halogens is 1. The summed E-state index contributed by atoms with van der Waals surface area (Å²) in [6.07, 6.45) is 2.08. The molecule has 0 atom stereocenters. The van der Waals surface area contributed by atoms with E-state index in [1.54, 1.807) is 6.07 Å². The molecular weight excluding hydrogens is 277 g/mol. The SMILES string of the molecule is Fc1cccc(SCc2noc(C3CCNCC3)n2)c1. The van der Waals surface area contributed by atoms with Crippen molar-refractivity contribution in [3.63, 3.8) is 0 Å². The summed E-state index contributed by atoms with van der Waals surface area (Å²) in [6, 6.07) is 6.53. The summed E-state index contributed by atoms with van der Waals surface area (Å²) in [5.41, 5.74) is 0.